The highest BCUT2D eigenvalue weighted by Crippen LogP contribution is 2.26. The van der Waals surface area contributed by atoms with Gasteiger partial charge in [0, 0.05) is 18.5 Å². The van der Waals surface area contributed by atoms with Gasteiger partial charge in [-0.2, -0.15) is 0 Å². The summed E-state index contributed by atoms with van der Waals surface area (Å²) in [5.41, 5.74) is 4.27. The van der Waals surface area contributed by atoms with Gasteiger partial charge in [0.05, 0.1) is 30.9 Å². The van der Waals surface area contributed by atoms with E-state index in [1.165, 1.54) is 23.3 Å². The topological polar surface area (TPSA) is 61.8 Å². The molecular weight excluding hydrogens is 358 g/mol. The number of hydrogen-bond donors (Lipinski definition) is 2. The van der Waals surface area contributed by atoms with Crippen LogP contribution in [-0.4, -0.2) is 49.6 Å². The van der Waals surface area contributed by atoms with Gasteiger partial charge in [-0.05, 0) is 50.6 Å². The Hall–Kier alpha value is -2.12. The minimum absolute atomic E-state index is 0.321. The molecule has 7 heteroatoms. The normalized spacial score (nSPS) is 16.3. The van der Waals surface area contributed by atoms with Crippen LogP contribution in [0.25, 0.3) is 0 Å². The Balaban J connectivity index is 1.63. The van der Waals surface area contributed by atoms with E-state index in [1.54, 1.807) is 18.4 Å². The molecule has 1 fully saturated rings. The number of aliphatic imine (C=N–C) groups is 1. The second kappa shape index (κ2) is 9.71. The fraction of sp³-hybridized carbons (Fsp3) is 0.500. The molecule has 1 aliphatic rings. The van der Waals surface area contributed by atoms with Crippen molar-refractivity contribution in [2.45, 2.75) is 32.4 Å². The van der Waals surface area contributed by atoms with Gasteiger partial charge in [-0.15, -0.1) is 11.3 Å². The van der Waals surface area contributed by atoms with E-state index >= 15 is 0 Å². The van der Waals surface area contributed by atoms with E-state index in [0.29, 0.717) is 6.04 Å². The molecule has 146 valence electrons. The third kappa shape index (κ3) is 5.20. The first-order chi connectivity index (χ1) is 13.2. The zero-order valence-electron chi connectivity index (χ0n) is 16.4. The standard InChI is InChI=1S/C20H29N5OS/c1-15-19(27-14-24-15)13-23-20(21-2)22-12-18(25-10-4-5-11-25)16-6-8-17(26-3)9-7-16/h6-9,14,18H,4-5,10-13H2,1-3H3,(H2,21,22,23). The maximum atomic E-state index is 5.30. The molecule has 2 heterocycles. The second-order valence-electron chi connectivity index (χ2n) is 6.70. The van der Waals surface area contributed by atoms with Gasteiger partial charge in [0.25, 0.3) is 0 Å². The van der Waals surface area contributed by atoms with Crippen molar-refractivity contribution in [1.29, 1.82) is 0 Å². The molecule has 2 aromatic rings. The third-order valence-corrected chi connectivity index (χ3v) is 5.96. The number of benzene rings is 1. The van der Waals surface area contributed by atoms with Crippen LogP contribution in [0.4, 0.5) is 0 Å². The molecule has 0 aliphatic carbocycles. The number of aromatic nitrogens is 1. The van der Waals surface area contributed by atoms with Gasteiger partial charge < -0.3 is 15.4 Å². The van der Waals surface area contributed by atoms with Gasteiger partial charge in [-0.1, -0.05) is 12.1 Å². The average molecular weight is 388 g/mol. The summed E-state index contributed by atoms with van der Waals surface area (Å²) in [6.07, 6.45) is 2.54. The van der Waals surface area contributed by atoms with Crippen molar-refractivity contribution >= 4 is 17.3 Å². The van der Waals surface area contributed by atoms with E-state index in [1.807, 2.05) is 31.6 Å². The minimum atomic E-state index is 0.321. The van der Waals surface area contributed by atoms with Crippen molar-refractivity contribution in [2.75, 3.05) is 33.8 Å². The molecule has 0 amide bonds. The third-order valence-electron chi connectivity index (χ3n) is 5.03. The van der Waals surface area contributed by atoms with E-state index < -0.39 is 0 Å². The predicted molar refractivity (Wildman–Crippen MR) is 112 cm³/mol. The number of likely N-dealkylation sites (tertiary alicyclic amines) is 1. The number of nitrogens with zero attached hydrogens (tertiary/aromatic N) is 3. The highest BCUT2D eigenvalue weighted by molar-refractivity contribution is 7.09. The van der Waals surface area contributed by atoms with Gasteiger partial charge >= 0.3 is 0 Å². The molecule has 27 heavy (non-hydrogen) atoms. The summed E-state index contributed by atoms with van der Waals surface area (Å²) in [4.78, 5) is 12.5. The van der Waals surface area contributed by atoms with Crippen molar-refractivity contribution in [3.63, 3.8) is 0 Å². The molecule has 0 bridgehead atoms. The highest BCUT2D eigenvalue weighted by atomic mass is 32.1. The number of ether oxygens (including phenoxy) is 1. The molecule has 1 aromatic heterocycles. The van der Waals surface area contributed by atoms with Crippen LogP contribution in [0.15, 0.2) is 34.8 Å². The Morgan fingerprint density at radius 1 is 1.26 bits per heavy atom. The summed E-state index contributed by atoms with van der Waals surface area (Å²) in [6.45, 7) is 5.88. The maximum Gasteiger partial charge on any atom is 0.191 e. The second-order valence-corrected chi connectivity index (χ2v) is 7.64. The van der Waals surface area contributed by atoms with Crippen molar-refractivity contribution in [2.24, 2.45) is 4.99 Å². The summed E-state index contributed by atoms with van der Waals surface area (Å²) < 4.78 is 5.30. The number of guanidine groups is 1. The quantitative estimate of drug-likeness (QED) is 0.565. The Bertz CT molecular complexity index is 737. The lowest BCUT2D eigenvalue weighted by Gasteiger charge is -2.29. The van der Waals surface area contributed by atoms with Crippen molar-refractivity contribution in [3.8, 4) is 5.75 Å². The van der Waals surface area contributed by atoms with Gasteiger partial charge in [0.15, 0.2) is 5.96 Å². The van der Waals surface area contributed by atoms with Crippen molar-refractivity contribution in [3.05, 3.63) is 45.9 Å². The Morgan fingerprint density at radius 2 is 2.00 bits per heavy atom. The SMILES string of the molecule is CN=C(NCc1scnc1C)NCC(c1ccc(OC)cc1)N1CCCC1. The Labute approximate surface area is 165 Å². The zero-order valence-corrected chi connectivity index (χ0v) is 17.2. The van der Waals surface area contributed by atoms with E-state index in [4.69, 9.17) is 4.74 Å². The number of aryl methyl sites for hydroxylation is 1. The fourth-order valence-electron chi connectivity index (χ4n) is 3.41. The van der Waals surface area contributed by atoms with Crippen molar-refractivity contribution < 1.29 is 4.74 Å². The summed E-state index contributed by atoms with van der Waals surface area (Å²) in [5.74, 6) is 1.71. The van der Waals surface area contributed by atoms with Crippen LogP contribution in [0.5, 0.6) is 5.75 Å². The lowest BCUT2D eigenvalue weighted by molar-refractivity contribution is 0.245. The number of thiazole rings is 1. The Kier molecular flexibility index (Phi) is 7.06. The van der Waals surface area contributed by atoms with Gasteiger partial charge in [-0.25, -0.2) is 4.98 Å². The summed E-state index contributed by atoms with van der Waals surface area (Å²) >= 11 is 1.67. The molecule has 1 aliphatic heterocycles. The molecule has 0 radical (unpaired) electrons. The first-order valence-electron chi connectivity index (χ1n) is 9.42. The van der Waals surface area contributed by atoms with Crippen LogP contribution in [0.3, 0.4) is 0 Å². The summed E-state index contributed by atoms with van der Waals surface area (Å²) in [7, 11) is 3.52. The van der Waals surface area contributed by atoms with Crippen LogP contribution in [0, 0.1) is 6.92 Å². The molecule has 1 atom stereocenters. The van der Waals surface area contributed by atoms with Crippen molar-refractivity contribution in [1.82, 2.24) is 20.5 Å². The summed E-state index contributed by atoms with van der Waals surface area (Å²) in [6, 6.07) is 8.73. The molecule has 1 unspecified atom stereocenters. The first kappa shape index (κ1) is 19.6. The largest absolute Gasteiger partial charge is 0.497 e. The maximum absolute atomic E-state index is 5.30. The van der Waals surface area contributed by atoms with E-state index in [2.05, 4.69) is 37.6 Å². The monoisotopic (exact) mass is 387 g/mol. The van der Waals surface area contributed by atoms with Crippen LogP contribution < -0.4 is 15.4 Å². The first-order valence-corrected chi connectivity index (χ1v) is 10.3. The number of methoxy groups -OCH3 is 1. The molecular formula is C20H29N5OS. The number of rotatable bonds is 7. The van der Waals surface area contributed by atoms with Crippen LogP contribution >= 0.6 is 11.3 Å². The van der Waals surface area contributed by atoms with Gasteiger partial charge in [-0.3, -0.25) is 9.89 Å². The lowest BCUT2D eigenvalue weighted by atomic mass is 10.1. The predicted octanol–water partition coefficient (Wildman–Crippen LogP) is 2.96. The zero-order chi connectivity index (χ0) is 19.1. The molecule has 6 nitrogen and oxygen atoms in total. The van der Waals surface area contributed by atoms with E-state index in [-0.39, 0.29) is 0 Å². The highest BCUT2D eigenvalue weighted by Gasteiger charge is 2.23. The average Bonchev–Trinajstić information content (AvgIpc) is 3.37. The van der Waals surface area contributed by atoms with Gasteiger partial charge in [0.1, 0.15) is 5.75 Å². The molecule has 3 rings (SSSR count). The smallest absolute Gasteiger partial charge is 0.191 e. The molecule has 0 spiro atoms. The minimum Gasteiger partial charge on any atom is -0.497 e. The van der Waals surface area contributed by atoms with Gasteiger partial charge in [0.2, 0.25) is 0 Å². The molecule has 1 saturated heterocycles. The van der Waals surface area contributed by atoms with E-state index in [0.717, 1.165) is 43.6 Å². The van der Waals surface area contributed by atoms with E-state index in [9.17, 15) is 0 Å². The van der Waals surface area contributed by atoms with Crippen LogP contribution in [0.2, 0.25) is 0 Å². The number of nitrogens with one attached hydrogen (secondary N) is 2. The number of hydrogen-bond acceptors (Lipinski definition) is 5. The Morgan fingerprint density at radius 3 is 2.59 bits per heavy atom. The lowest BCUT2D eigenvalue weighted by Crippen LogP contribution is -2.42. The molecule has 0 saturated carbocycles. The van der Waals surface area contributed by atoms with Crippen LogP contribution in [-0.2, 0) is 6.54 Å². The van der Waals surface area contributed by atoms with Crippen LogP contribution in [0.1, 0.15) is 35.0 Å². The fourth-order valence-corrected chi connectivity index (χ4v) is 4.13. The molecule has 2 N–H and O–H groups in total. The summed E-state index contributed by atoms with van der Waals surface area (Å²) in [5, 5.41) is 6.90. The molecule has 1 aromatic carbocycles.